The van der Waals surface area contributed by atoms with Gasteiger partial charge in [0, 0.05) is 23.0 Å². The maximum atomic E-state index is 11.3. The lowest BCUT2D eigenvalue weighted by atomic mass is 10.1. The molecule has 19 heavy (non-hydrogen) atoms. The molecule has 0 aliphatic rings. The molecule has 1 aromatic carbocycles. The number of nitrogens with zero attached hydrogens (tertiary/aromatic N) is 1. The van der Waals surface area contributed by atoms with Crippen LogP contribution in [-0.2, 0) is 9.84 Å². The normalized spacial score (nSPS) is 11.3. The van der Waals surface area contributed by atoms with E-state index in [1.165, 1.54) is 36.9 Å². The van der Waals surface area contributed by atoms with Gasteiger partial charge in [-0.3, -0.25) is 14.9 Å². The molecule has 0 aromatic heterocycles. The number of rotatable bonds is 6. The molecule has 0 aliphatic heterocycles. The summed E-state index contributed by atoms with van der Waals surface area (Å²) in [7, 11) is -3.04. The Kier molecular flexibility index (Phi) is 5.07. The summed E-state index contributed by atoms with van der Waals surface area (Å²) in [6.07, 6.45) is 1.14. The molecule has 0 saturated heterocycles. The largest absolute Gasteiger partial charge is 0.294 e. The molecule has 1 rings (SSSR count). The molecule has 0 fully saturated rings. The summed E-state index contributed by atoms with van der Waals surface area (Å²) in [5.74, 6) is -0.0322. The van der Waals surface area contributed by atoms with Crippen molar-refractivity contribution in [3.05, 3.63) is 33.9 Å². The zero-order valence-electron chi connectivity index (χ0n) is 10.5. The first-order valence-electron chi connectivity index (χ1n) is 5.30. The van der Waals surface area contributed by atoms with E-state index >= 15 is 0 Å². The Labute approximate surface area is 115 Å². The van der Waals surface area contributed by atoms with Gasteiger partial charge in [0.1, 0.15) is 9.84 Å². The second-order valence-corrected chi connectivity index (χ2v) is 7.40. The van der Waals surface area contributed by atoms with E-state index in [0.717, 1.165) is 6.26 Å². The summed E-state index contributed by atoms with van der Waals surface area (Å²) in [6.45, 7) is 1.26. The molecule has 0 saturated carbocycles. The lowest BCUT2D eigenvalue weighted by Gasteiger charge is -2.04. The molecular formula is C11H13NO5S2. The number of benzene rings is 1. The van der Waals surface area contributed by atoms with Crippen molar-refractivity contribution in [2.24, 2.45) is 0 Å². The number of nitro benzene ring substituents is 1. The highest BCUT2D eigenvalue weighted by atomic mass is 32.2. The predicted molar refractivity (Wildman–Crippen MR) is 73.5 cm³/mol. The highest BCUT2D eigenvalue weighted by Crippen LogP contribution is 2.26. The van der Waals surface area contributed by atoms with Crippen LogP contribution in [0.1, 0.15) is 17.3 Å². The molecule has 0 heterocycles. The Bertz CT molecular complexity index is 610. The third-order valence-corrected chi connectivity index (χ3v) is 4.47. The van der Waals surface area contributed by atoms with Crippen molar-refractivity contribution < 1.29 is 18.1 Å². The van der Waals surface area contributed by atoms with Gasteiger partial charge in [-0.2, -0.15) is 0 Å². The van der Waals surface area contributed by atoms with E-state index < -0.39 is 20.5 Å². The maximum Gasteiger partial charge on any atom is 0.280 e. The van der Waals surface area contributed by atoms with Crippen LogP contribution in [-0.4, -0.2) is 36.9 Å². The average Bonchev–Trinajstić information content (AvgIpc) is 2.26. The summed E-state index contributed by atoms with van der Waals surface area (Å²) in [4.78, 5) is 22.1. The summed E-state index contributed by atoms with van der Waals surface area (Å²) in [5, 5.41) is 10.8. The lowest BCUT2D eigenvalue weighted by Crippen LogP contribution is -2.05. The molecule has 1 aromatic rings. The first-order chi connectivity index (χ1) is 8.70. The van der Waals surface area contributed by atoms with Crippen LogP contribution in [0.15, 0.2) is 23.1 Å². The second-order valence-electron chi connectivity index (χ2n) is 3.97. The fourth-order valence-electron chi connectivity index (χ4n) is 1.36. The van der Waals surface area contributed by atoms with Crippen molar-refractivity contribution in [1.82, 2.24) is 0 Å². The summed E-state index contributed by atoms with van der Waals surface area (Å²) < 4.78 is 22.0. The number of Topliss-reactive ketones (excluding diaryl/α,β-unsaturated/α-hetero) is 1. The Morgan fingerprint density at radius 2 is 2.05 bits per heavy atom. The molecule has 104 valence electrons. The van der Waals surface area contributed by atoms with Gasteiger partial charge in [0.15, 0.2) is 5.78 Å². The Balaban J connectivity index is 2.90. The molecule has 8 heteroatoms. The van der Waals surface area contributed by atoms with Crippen LogP contribution in [0.2, 0.25) is 0 Å². The maximum absolute atomic E-state index is 11.3. The van der Waals surface area contributed by atoms with E-state index in [1.54, 1.807) is 0 Å². The van der Waals surface area contributed by atoms with E-state index in [4.69, 9.17) is 0 Å². The van der Waals surface area contributed by atoms with Crippen molar-refractivity contribution in [1.29, 1.82) is 0 Å². The fourth-order valence-corrected chi connectivity index (χ4v) is 3.50. The topological polar surface area (TPSA) is 94.3 Å². The lowest BCUT2D eigenvalue weighted by molar-refractivity contribution is -0.385. The first kappa shape index (κ1) is 15.6. The van der Waals surface area contributed by atoms with Gasteiger partial charge in [0.25, 0.3) is 5.69 Å². The molecule has 6 nitrogen and oxygen atoms in total. The van der Waals surface area contributed by atoms with Gasteiger partial charge >= 0.3 is 0 Å². The number of nitro groups is 1. The van der Waals surface area contributed by atoms with Crippen LogP contribution in [0.4, 0.5) is 5.69 Å². The van der Waals surface area contributed by atoms with Gasteiger partial charge in [-0.25, -0.2) is 8.42 Å². The van der Waals surface area contributed by atoms with Gasteiger partial charge < -0.3 is 0 Å². The van der Waals surface area contributed by atoms with Gasteiger partial charge in [-0.1, -0.05) is 0 Å². The monoisotopic (exact) mass is 303 g/mol. The van der Waals surface area contributed by atoms with E-state index in [0.29, 0.717) is 10.6 Å². The number of hydrogen-bond acceptors (Lipinski definition) is 6. The van der Waals surface area contributed by atoms with Crippen LogP contribution in [0, 0.1) is 10.1 Å². The van der Waals surface area contributed by atoms with Crippen LogP contribution in [0.3, 0.4) is 0 Å². The smallest absolute Gasteiger partial charge is 0.280 e. The molecule has 0 bridgehead atoms. The van der Waals surface area contributed by atoms with E-state index in [9.17, 15) is 23.3 Å². The molecule has 0 spiro atoms. The highest BCUT2D eigenvalue weighted by molar-refractivity contribution is 8.00. The van der Waals surface area contributed by atoms with Crippen molar-refractivity contribution in [2.45, 2.75) is 11.8 Å². The number of sulfone groups is 1. The molecular weight excluding hydrogens is 290 g/mol. The second kappa shape index (κ2) is 6.16. The number of carbonyl (C=O) groups is 1. The number of thioether (sulfide) groups is 1. The molecule has 0 amide bonds. The molecule has 0 aliphatic carbocycles. The first-order valence-corrected chi connectivity index (χ1v) is 8.35. The Hall–Kier alpha value is -1.41. The van der Waals surface area contributed by atoms with Crippen LogP contribution >= 0.6 is 11.8 Å². The zero-order chi connectivity index (χ0) is 14.6. The highest BCUT2D eigenvalue weighted by Gasteiger charge is 2.17. The van der Waals surface area contributed by atoms with Crippen molar-refractivity contribution in [2.75, 3.05) is 17.8 Å². The van der Waals surface area contributed by atoms with Crippen molar-refractivity contribution in [3.63, 3.8) is 0 Å². The van der Waals surface area contributed by atoms with E-state index in [2.05, 4.69) is 0 Å². The molecule has 0 atom stereocenters. The van der Waals surface area contributed by atoms with Crippen LogP contribution in [0.25, 0.3) is 0 Å². The standard InChI is InChI=1S/C11H13NO5S2/c1-8(13)10-7-9(3-4-11(10)12(14)15)18-5-6-19(2,16)17/h3-4,7H,5-6H2,1-2H3. The van der Waals surface area contributed by atoms with Crippen LogP contribution in [0.5, 0.6) is 0 Å². The molecule has 0 N–H and O–H groups in total. The minimum Gasteiger partial charge on any atom is -0.294 e. The van der Waals surface area contributed by atoms with Gasteiger partial charge in [-0.15, -0.1) is 11.8 Å². The van der Waals surface area contributed by atoms with Crippen LogP contribution < -0.4 is 0 Å². The predicted octanol–water partition coefficient (Wildman–Crippen LogP) is 1.93. The quantitative estimate of drug-likeness (QED) is 0.345. The number of ketones is 1. The Morgan fingerprint density at radius 3 is 2.53 bits per heavy atom. The summed E-state index contributed by atoms with van der Waals surface area (Å²) in [5.41, 5.74) is -0.200. The summed E-state index contributed by atoms with van der Waals surface area (Å²) in [6, 6.07) is 4.20. The number of carbonyl (C=O) groups excluding carboxylic acids is 1. The van der Waals surface area contributed by atoms with Gasteiger partial charge in [-0.05, 0) is 19.1 Å². The SMILES string of the molecule is CC(=O)c1cc(SCCS(C)(=O)=O)ccc1[N+](=O)[O-]. The fraction of sp³-hybridized carbons (Fsp3) is 0.364. The third-order valence-electron chi connectivity index (χ3n) is 2.27. The molecule has 0 unspecified atom stereocenters. The van der Waals surface area contributed by atoms with E-state index in [-0.39, 0.29) is 17.0 Å². The van der Waals surface area contributed by atoms with Crippen molar-refractivity contribution in [3.8, 4) is 0 Å². The minimum absolute atomic E-state index is 0.0179. The zero-order valence-corrected chi connectivity index (χ0v) is 12.1. The van der Waals surface area contributed by atoms with Gasteiger partial charge in [0.05, 0.1) is 16.2 Å². The number of hydrogen-bond donors (Lipinski definition) is 0. The summed E-state index contributed by atoms with van der Waals surface area (Å²) >= 11 is 1.25. The molecule has 0 radical (unpaired) electrons. The Morgan fingerprint density at radius 1 is 1.42 bits per heavy atom. The average molecular weight is 303 g/mol. The van der Waals surface area contributed by atoms with E-state index in [1.807, 2.05) is 0 Å². The van der Waals surface area contributed by atoms with Gasteiger partial charge in [0.2, 0.25) is 0 Å². The minimum atomic E-state index is -3.04. The van der Waals surface area contributed by atoms with Crippen molar-refractivity contribution >= 4 is 33.1 Å². The third kappa shape index (κ3) is 4.99.